The molecule has 0 bridgehead atoms. The maximum absolute atomic E-state index is 6.12. The number of rotatable bonds is 4. The van der Waals surface area contributed by atoms with Crippen molar-refractivity contribution in [1.29, 1.82) is 0 Å². The third-order valence-corrected chi connectivity index (χ3v) is 4.36. The number of fused-ring (bicyclic) bond motifs is 1. The van der Waals surface area contributed by atoms with Gasteiger partial charge in [0.05, 0.1) is 5.60 Å². The molecule has 1 N–H and O–H groups in total. The van der Waals surface area contributed by atoms with Crippen LogP contribution >= 0.6 is 0 Å². The van der Waals surface area contributed by atoms with Gasteiger partial charge in [-0.15, -0.1) is 0 Å². The number of benzene rings is 1. The van der Waals surface area contributed by atoms with Crippen molar-refractivity contribution in [3.63, 3.8) is 0 Å². The van der Waals surface area contributed by atoms with E-state index in [-0.39, 0.29) is 5.60 Å². The van der Waals surface area contributed by atoms with Gasteiger partial charge in [-0.2, -0.15) is 0 Å². The standard InChI is InChI=1S/C17H25NO3/c1-3-7-18-14-6-8-21-17(2,12-14)13-4-5-15-16(11-13)20-10-9-19-15/h4-5,11,14,18H,3,6-10,12H2,1-2H3. The SMILES string of the molecule is CCCNC1CCOC(C)(c2ccc3c(c2)OCCO3)C1. The number of nitrogens with one attached hydrogen (secondary N) is 1. The fourth-order valence-corrected chi connectivity index (χ4v) is 3.15. The van der Waals surface area contributed by atoms with Gasteiger partial charge in [0.15, 0.2) is 11.5 Å². The molecule has 3 rings (SSSR count). The molecule has 0 aromatic heterocycles. The number of hydrogen-bond acceptors (Lipinski definition) is 4. The van der Waals surface area contributed by atoms with Crippen LogP contribution < -0.4 is 14.8 Å². The van der Waals surface area contributed by atoms with Crippen LogP contribution in [-0.2, 0) is 10.3 Å². The molecule has 2 aliphatic rings. The molecule has 4 heteroatoms. The topological polar surface area (TPSA) is 39.7 Å². The summed E-state index contributed by atoms with van der Waals surface area (Å²) in [4.78, 5) is 0. The monoisotopic (exact) mass is 291 g/mol. The van der Waals surface area contributed by atoms with E-state index in [4.69, 9.17) is 14.2 Å². The van der Waals surface area contributed by atoms with Gasteiger partial charge in [0.2, 0.25) is 0 Å². The van der Waals surface area contributed by atoms with Gasteiger partial charge in [-0.05, 0) is 50.4 Å². The molecular formula is C17H25NO3. The van der Waals surface area contributed by atoms with Gasteiger partial charge < -0.3 is 19.5 Å². The molecule has 0 amide bonds. The lowest BCUT2D eigenvalue weighted by molar-refractivity contribution is -0.0813. The first kappa shape index (κ1) is 14.7. The highest BCUT2D eigenvalue weighted by atomic mass is 16.6. The van der Waals surface area contributed by atoms with Crippen molar-refractivity contribution in [1.82, 2.24) is 5.32 Å². The molecule has 2 unspecified atom stereocenters. The van der Waals surface area contributed by atoms with Crippen LogP contribution in [0.5, 0.6) is 11.5 Å². The molecular weight excluding hydrogens is 266 g/mol. The molecule has 1 aromatic carbocycles. The van der Waals surface area contributed by atoms with E-state index in [0.29, 0.717) is 19.3 Å². The summed E-state index contributed by atoms with van der Waals surface area (Å²) >= 11 is 0. The second-order valence-electron chi connectivity index (χ2n) is 6.08. The number of ether oxygens (including phenoxy) is 3. The highest BCUT2D eigenvalue weighted by molar-refractivity contribution is 5.45. The minimum Gasteiger partial charge on any atom is -0.486 e. The minimum atomic E-state index is -0.251. The van der Waals surface area contributed by atoms with Crippen LogP contribution in [0.3, 0.4) is 0 Å². The molecule has 4 nitrogen and oxygen atoms in total. The van der Waals surface area contributed by atoms with Crippen molar-refractivity contribution in [3.05, 3.63) is 23.8 Å². The zero-order valence-electron chi connectivity index (χ0n) is 13.0. The van der Waals surface area contributed by atoms with E-state index in [1.807, 2.05) is 6.07 Å². The lowest BCUT2D eigenvalue weighted by atomic mass is 9.85. The Morgan fingerprint density at radius 1 is 1.19 bits per heavy atom. The highest BCUT2D eigenvalue weighted by Gasteiger charge is 2.35. The van der Waals surface area contributed by atoms with Crippen molar-refractivity contribution < 1.29 is 14.2 Å². The average Bonchev–Trinajstić information content (AvgIpc) is 2.52. The second-order valence-corrected chi connectivity index (χ2v) is 6.08. The van der Waals surface area contributed by atoms with E-state index >= 15 is 0 Å². The van der Waals surface area contributed by atoms with E-state index in [0.717, 1.165) is 43.9 Å². The van der Waals surface area contributed by atoms with Crippen LogP contribution in [0.25, 0.3) is 0 Å². The zero-order chi connectivity index (χ0) is 14.7. The summed E-state index contributed by atoms with van der Waals surface area (Å²) < 4.78 is 17.4. The minimum absolute atomic E-state index is 0.251. The molecule has 21 heavy (non-hydrogen) atoms. The van der Waals surface area contributed by atoms with Gasteiger partial charge in [0.25, 0.3) is 0 Å². The Morgan fingerprint density at radius 3 is 2.81 bits per heavy atom. The van der Waals surface area contributed by atoms with E-state index in [2.05, 4.69) is 31.3 Å². The van der Waals surface area contributed by atoms with Crippen molar-refractivity contribution in [2.75, 3.05) is 26.4 Å². The van der Waals surface area contributed by atoms with E-state index in [1.54, 1.807) is 0 Å². The first-order chi connectivity index (χ1) is 10.2. The maximum atomic E-state index is 6.12. The molecule has 1 fully saturated rings. The van der Waals surface area contributed by atoms with Crippen LogP contribution in [0.1, 0.15) is 38.7 Å². The molecule has 2 aliphatic heterocycles. The summed E-state index contributed by atoms with van der Waals surface area (Å²) in [5.41, 5.74) is 0.925. The van der Waals surface area contributed by atoms with Crippen molar-refractivity contribution in [2.24, 2.45) is 0 Å². The number of hydrogen-bond donors (Lipinski definition) is 1. The fourth-order valence-electron chi connectivity index (χ4n) is 3.15. The Bertz CT molecular complexity index is 491. The molecule has 2 heterocycles. The summed E-state index contributed by atoms with van der Waals surface area (Å²) in [6, 6.07) is 6.71. The van der Waals surface area contributed by atoms with Gasteiger partial charge in [-0.1, -0.05) is 13.0 Å². The molecule has 0 radical (unpaired) electrons. The lowest BCUT2D eigenvalue weighted by Crippen LogP contribution is -2.44. The Labute approximate surface area is 126 Å². The Kier molecular flexibility index (Phi) is 4.36. The molecule has 2 atom stereocenters. The second kappa shape index (κ2) is 6.24. The normalized spacial score (nSPS) is 28.4. The molecule has 0 saturated carbocycles. The summed E-state index contributed by atoms with van der Waals surface area (Å²) in [6.07, 6.45) is 3.24. The molecule has 116 valence electrons. The Hall–Kier alpha value is -1.26. The summed E-state index contributed by atoms with van der Waals surface area (Å²) in [6.45, 7) is 7.50. The quantitative estimate of drug-likeness (QED) is 0.926. The van der Waals surface area contributed by atoms with E-state index < -0.39 is 0 Å². The summed E-state index contributed by atoms with van der Waals surface area (Å²) in [7, 11) is 0. The van der Waals surface area contributed by atoms with Crippen LogP contribution in [-0.4, -0.2) is 32.4 Å². The predicted molar refractivity (Wildman–Crippen MR) is 82.1 cm³/mol. The highest BCUT2D eigenvalue weighted by Crippen LogP contribution is 2.39. The molecule has 1 aromatic rings. The predicted octanol–water partition coefficient (Wildman–Crippen LogP) is 2.85. The van der Waals surface area contributed by atoms with Gasteiger partial charge in [-0.3, -0.25) is 0 Å². The zero-order valence-corrected chi connectivity index (χ0v) is 13.0. The average molecular weight is 291 g/mol. The molecule has 1 saturated heterocycles. The van der Waals surface area contributed by atoms with Crippen LogP contribution in [0, 0.1) is 0 Å². The molecule has 0 aliphatic carbocycles. The van der Waals surface area contributed by atoms with Gasteiger partial charge in [0, 0.05) is 12.6 Å². The van der Waals surface area contributed by atoms with E-state index in [1.165, 1.54) is 5.56 Å². The fraction of sp³-hybridized carbons (Fsp3) is 0.647. The van der Waals surface area contributed by atoms with Crippen LogP contribution in [0.2, 0.25) is 0 Å². The van der Waals surface area contributed by atoms with Crippen molar-refractivity contribution >= 4 is 0 Å². The van der Waals surface area contributed by atoms with Crippen molar-refractivity contribution in [3.8, 4) is 11.5 Å². The van der Waals surface area contributed by atoms with Crippen LogP contribution in [0.4, 0.5) is 0 Å². The van der Waals surface area contributed by atoms with E-state index in [9.17, 15) is 0 Å². The molecule has 0 spiro atoms. The summed E-state index contributed by atoms with van der Waals surface area (Å²) in [5.74, 6) is 1.68. The van der Waals surface area contributed by atoms with Gasteiger partial charge in [0.1, 0.15) is 13.2 Å². The lowest BCUT2D eigenvalue weighted by Gasteiger charge is -2.39. The first-order valence-corrected chi connectivity index (χ1v) is 7.99. The smallest absolute Gasteiger partial charge is 0.161 e. The largest absolute Gasteiger partial charge is 0.486 e. The van der Waals surface area contributed by atoms with Gasteiger partial charge in [-0.25, -0.2) is 0 Å². The Morgan fingerprint density at radius 2 is 2.00 bits per heavy atom. The van der Waals surface area contributed by atoms with Crippen LogP contribution in [0.15, 0.2) is 18.2 Å². The van der Waals surface area contributed by atoms with Gasteiger partial charge >= 0.3 is 0 Å². The summed E-state index contributed by atoms with van der Waals surface area (Å²) in [5, 5.41) is 3.62. The van der Waals surface area contributed by atoms with Crippen molar-refractivity contribution in [2.45, 2.75) is 44.8 Å². The first-order valence-electron chi connectivity index (χ1n) is 7.99. The third kappa shape index (κ3) is 3.16. The maximum Gasteiger partial charge on any atom is 0.161 e. The Balaban J connectivity index is 1.77. The third-order valence-electron chi connectivity index (χ3n) is 4.36.